The number of thiocarbonyl (C=S) groups is 1. The van der Waals surface area contributed by atoms with E-state index in [9.17, 15) is 0 Å². The zero-order chi connectivity index (χ0) is 22.1. The van der Waals surface area contributed by atoms with E-state index < -0.39 is 0 Å². The van der Waals surface area contributed by atoms with Gasteiger partial charge >= 0.3 is 0 Å². The SMILES string of the molecule is Cc1ccc(-n2c(C)cc([C@H]3[C@H](c4ccccn4)NC(=S)N3CCN(C)C)c2C)cc1. The molecule has 0 unspecified atom stereocenters. The molecule has 0 amide bonds. The van der Waals surface area contributed by atoms with Gasteiger partial charge in [0.15, 0.2) is 5.11 Å². The standard InChI is InChI=1S/C25H31N5S/c1-17-9-11-20(12-10-17)30-18(2)16-21(19(30)3)24-23(22-8-6-7-13-26-22)27-25(31)29(24)15-14-28(4)5/h6-13,16,23-24H,14-15H2,1-5H3,(H,27,31)/t23-,24-/m0/s1. The van der Waals surface area contributed by atoms with Crippen LogP contribution in [-0.4, -0.2) is 51.6 Å². The van der Waals surface area contributed by atoms with E-state index in [0.717, 1.165) is 23.9 Å². The normalized spacial score (nSPS) is 18.6. The van der Waals surface area contributed by atoms with Crippen molar-refractivity contribution in [3.63, 3.8) is 0 Å². The summed E-state index contributed by atoms with van der Waals surface area (Å²) < 4.78 is 2.34. The highest BCUT2D eigenvalue weighted by Crippen LogP contribution is 2.41. The second-order valence-electron chi connectivity index (χ2n) is 8.62. The summed E-state index contributed by atoms with van der Waals surface area (Å²) in [5, 5.41) is 4.36. The Morgan fingerprint density at radius 3 is 2.45 bits per heavy atom. The van der Waals surface area contributed by atoms with Crippen molar-refractivity contribution in [2.24, 2.45) is 0 Å². The molecule has 162 valence electrons. The fraction of sp³-hybridized carbons (Fsp3) is 0.360. The first-order valence-corrected chi connectivity index (χ1v) is 11.2. The molecule has 1 fully saturated rings. The summed E-state index contributed by atoms with van der Waals surface area (Å²) in [7, 11) is 4.20. The molecule has 6 heteroatoms. The predicted octanol–water partition coefficient (Wildman–Crippen LogP) is 4.33. The highest BCUT2D eigenvalue weighted by Gasteiger charge is 2.41. The molecule has 3 heterocycles. The summed E-state index contributed by atoms with van der Waals surface area (Å²) in [5.74, 6) is 0. The van der Waals surface area contributed by atoms with Gasteiger partial charge in [-0.15, -0.1) is 0 Å². The molecule has 4 rings (SSSR count). The van der Waals surface area contributed by atoms with Gasteiger partial charge in [-0.2, -0.15) is 0 Å². The van der Waals surface area contributed by atoms with Gasteiger partial charge < -0.3 is 19.7 Å². The van der Waals surface area contributed by atoms with Gasteiger partial charge in [0.2, 0.25) is 0 Å². The number of rotatable bonds is 6. The van der Waals surface area contributed by atoms with Crippen molar-refractivity contribution in [3.8, 4) is 5.69 Å². The summed E-state index contributed by atoms with van der Waals surface area (Å²) >= 11 is 5.80. The van der Waals surface area contributed by atoms with Crippen LogP contribution in [-0.2, 0) is 0 Å². The maximum absolute atomic E-state index is 5.80. The molecule has 3 aromatic rings. The lowest BCUT2D eigenvalue weighted by atomic mass is 9.96. The largest absolute Gasteiger partial charge is 0.352 e. The van der Waals surface area contributed by atoms with Crippen LogP contribution < -0.4 is 5.32 Å². The molecule has 1 aromatic carbocycles. The smallest absolute Gasteiger partial charge is 0.170 e. The van der Waals surface area contributed by atoms with Crippen molar-refractivity contribution in [1.29, 1.82) is 0 Å². The Bertz CT molecular complexity index is 1060. The van der Waals surface area contributed by atoms with E-state index in [1.165, 1.54) is 28.2 Å². The molecule has 1 N–H and O–H groups in total. The van der Waals surface area contributed by atoms with E-state index in [2.05, 4.69) is 95.9 Å². The maximum atomic E-state index is 5.80. The van der Waals surface area contributed by atoms with Crippen molar-refractivity contribution < 1.29 is 0 Å². The maximum Gasteiger partial charge on any atom is 0.170 e. The molecule has 5 nitrogen and oxygen atoms in total. The molecule has 2 aromatic heterocycles. The number of nitrogens with zero attached hydrogens (tertiary/aromatic N) is 4. The molecule has 1 aliphatic heterocycles. The first kappa shape index (κ1) is 21.5. The Hall–Kier alpha value is -2.70. The van der Waals surface area contributed by atoms with Gasteiger partial charge in [0, 0.05) is 36.4 Å². The molecule has 0 aliphatic carbocycles. The average Bonchev–Trinajstić information content (AvgIpc) is 3.23. The average molecular weight is 434 g/mol. The van der Waals surface area contributed by atoms with E-state index >= 15 is 0 Å². The highest BCUT2D eigenvalue weighted by molar-refractivity contribution is 7.80. The zero-order valence-electron chi connectivity index (χ0n) is 19.0. The van der Waals surface area contributed by atoms with Crippen LogP contribution in [0.4, 0.5) is 0 Å². The summed E-state index contributed by atoms with van der Waals surface area (Å²) in [6.45, 7) is 8.31. The lowest BCUT2D eigenvalue weighted by molar-refractivity contribution is 0.277. The van der Waals surface area contributed by atoms with Gasteiger partial charge in [0.25, 0.3) is 0 Å². The van der Waals surface area contributed by atoms with Gasteiger partial charge in [-0.1, -0.05) is 23.8 Å². The topological polar surface area (TPSA) is 36.3 Å². The number of aryl methyl sites for hydroxylation is 2. The second-order valence-corrected chi connectivity index (χ2v) is 9.01. The molecule has 0 spiro atoms. The number of benzene rings is 1. The second kappa shape index (κ2) is 8.81. The number of aromatic nitrogens is 2. The van der Waals surface area contributed by atoms with E-state index in [0.29, 0.717) is 0 Å². The first-order valence-electron chi connectivity index (χ1n) is 10.8. The van der Waals surface area contributed by atoms with Crippen LogP contribution in [0.5, 0.6) is 0 Å². The number of hydrogen-bond acceptors (Lipinski definition) is 3. The molecule has 0 radical (unpaired) electrons. The third-order valence-electron chi connectivity index (χ3n) is 6.07. The molecule has 0 saturated carbocycles. The fourth-order valence-electron chi connectivity index (χ4n) is 4.47. The van der Waals surface area contributed by atoms with Crippen LogP contribution in [0.1, 0.15) is 40.3 Å². The summed E-state index contributed by atoms with van der Waals surface area (Å²) in [6, 6.07) is 17.2. The third-order valence-corrected chi connectivity index (χ3v) is 6.42. The summed E-state index contributed by atoms with van der Waals surface area (Å²) in [6.07, 6.45) is 1.86. The fourth-order valence-corrected chi connectivity index (χ4v) is 4.80. The lowest BCUT2D eigenvalue weighted by Crippen LogP contribution is -2.35. The van der Waals surface area contributed by atoms with Crippen molar-refractivity contribution in [2.75, 3.05) is 27.2 Å². The van der Waals surface area contributed by atoms with Crippen molar-refractivity contribution in [2.45, 2.75) is 32.9 Å². The Morgan fingerprint density at radius 2 is 1.81 bits per heavy atom. The van der Waals surface area contributed by atoms with E-state index in [4.69, 9.17) is 12.2 Å². The van der Waals surface area contributed by atoms with Crippen LogP contribution in [0.2, 0.25) is 0 Å². The quantitative estimate of drug-likeness (QED) is 0.586. The van der Waals surface area contributed by atoms with Gasteiger partial charge in [-0.25, -0.2) is 0 Å². The molecular weight excluding hydrogens is 402 g/mol. The molecule has 2 atom stereocenters. The Labute approximate surface area is 190 Å². The number of pyridine rings is 1. The summed E-state index contributed by atoms with van der Waals surface area (Å²) in [4.78, 5) is 9.19. The minimum Gasteiger partial charge on any atom is -0.352 e. The van der Waals surface area contributed by atoms with Crippen LogP contribution in [0.15, 0.2) is 54.7 Å². The molecule has 31 heavy (non-hydrogen) atoms. The highest BCUT2D eigenvalue weighted by atomic mass is 32.1. The minimum atomic E-state index is 0.0165. The number of nitrogens with one attached hydrogen (secondary N) is 1. The molecule has 1 aliphatic rings. The van der Waals surface area contributed by atoms with Gasteiger partial charge in [0.05, 0.1) is 17.8 Å². The monoisotopic (exact) mass is 433 g/mol. The molecule has 0 bridgehead atoms. The van der Waals surface area contributed by atoms with E-state index in [1.807, 2.05) is 18.3 Å². The third kappa shape index (κ3) is 4.23. The van der Waals surface area contributed by atoms with Crippen LogP contribution in [0, 0.1) is 20.8 Å². The first-order chi connectivity index (χ1) is 14.9. The van der Waals surface area contributed by atoms with Crippen LogP contribution >= 0.6 is 12.2 Å². The molecule has 1 saturated heterocycles. The van der Waals surface area contributed by atoms with Crippen LogP contribution in [0.3, 0.4) is 0 Å². The number of likely N-dealkylation sites (N-methyl/N-ethyl adjacent to an activating group) is 1. The Kier molecular flexibility index (Phi) is 6.12. The Balaban J connectivity index is 1.80. The molecular formula is C25H31N5S. The van der Waals surface area contributed by atoms with E-state index in [1.54, 1.807) is 0 Å². The lowest BCUT2D eigenvalue weighted by Gasteiger charge is -2.29. The van der Waals surface area contributed by atoms with Crippen molar-refractivity contribution in [1.82, 2.24) is 24.7 Å². The summed E-state index contributed by atoms with van der Waals surface area (Å²) in [5.41, 5.74) is 7.23. The van der Waals surface area contributed by atoms with Gasteiger partial charge in [0.1, 0.15) is 0 Å². The zero-order valence-corrected chi connectivity index (χ0v) is 19.8. The van der Waals surface area contributed by atoms with Gasteiger partial charge in [-0.05, 0) is 83.0 Å². The van der Waals surface area contributed by atoms with E-state index in [-0.39, 0.29) is 12.1 Å². The predicted molar refractivity (Wildman–Crippen MR) is 131 cm³/mol. The Morgan fingerprint density at radius 1 is 1.06 bits per heavy atom. The number of hydrogen-bond donors (Lipinski definition) is 1. The minimum absolute atomic E-state index is 0.0165. The van der Waals surface area contributed by atoms with Gasteiger partial charge in [-0.3, -0.25) is 4.98 Å². The van der Waals surface area contributed by atoms with Crippen LogP contribution in [0.25, 0.3) is 5.69 Å². The van der Waals surface area contributed by atoms with Crippen molar-refractivity contribution in [3.05, 3.63) is 82.9 Å². The van der Waals surface area contributed by atoms with Crippen molar-refractivity contribution >= 4 is 17.3 Å².